The van der Waals surface area contributed by atoms with E-state index in [9.17, 15) is 4.79 Å². The molecule has 20 heavy (non-hydrogen) atoms. The Morgan fingerprint density at radius 3 is 2.75 bits per heavy atom. The monoisotopic (exact) mass is 353 g/mol. The van der Waals surface area contributed by atoms with Crippen LogP contribution in [0.4, 0.5) is 11.4 Å². The van der Waals surface area contributed by atoms with Crippen LogP contribution >= 0.6 is 27.5 Å². The Morgan fingerprint density at radius 1 is 1.35 bits per heavy atom. The van der Waals surface area contributed by atoms with E-state index in [1.54, 1.807) is 31.4 Å². The van der Waals surface area contributed by atoms with E-state index in [2.05, 4.69) is 31.5 Å². The van der Waals surface area contributed by atoms with Gasteiger partial charge < -0.3 is 10.6 Å². The lowest BCUT2D eigenvalue weighted by molar-refractivity contribution is 0.102. The molecule has 2 aromatic rings. The summed E-state index contributed by atoms with van der Waals surface area (Å²) < 4.78 is 0.729. The quantitative estimate of drug-likeness (QED) is 0.872. The number of pyridine rings is 1. The molecule has 4 nitrogen and oxygen atoms in total. The summed E-state index contributed by atoms with van der Waals surface area (Å²) in [4.78, 5) is 16.4. The number of anilines is 2. The number of hydrogen-bond donors (Lipinski definition) is 2. The number of benzene rings is 1. The van der Waals surface area contributed by atoms with Gasteiger partial charge in [-0.1, -0.05) is 11.6 Å². The summed E-state index contributed by atoms with van der Waals surface area (Å²) in [5, 5.41) is 6.40. The van der Waals surface area contributed by atoms with Crippen molar-refractivity contribution in [3.8, 4) is 0 Å². The van der Waals surface area contributed by atoms with E-state index in [1.165, 1.54) is 0 Å². The fraction of sp³-hybridized carbons (Fsp3) is 0.143. The highest BCUT2D eigenvalue weighted by molar-refractivity contribution is 9.10. The Labute approximate surface area is 130 Å². The number of aryl methyl sites for hydroxylation is 1. The van der Waals surface area contributed by atoms with Crippen LogP contribution < -0.4 is 10.6 Å². The van der Waals surface area contributed by atoms with Gasteiger partial charge in [-0.05, 0) is 47.1 Å². The highest BCUT2D eigenvalue weighted by Gasteiger charge is 2.12. The predicted octanol–water partition coefficient (Wildman–Crippen LogP) is 4.10. The summed E-state index contributed by atoms with van der Waals surface area (Å²) in [5.41, 5.74) is 2.74. The minimum Gasteiger partial charge on any atom is -0.387 e. The smallest absolute Gasteiger partial charge is 0.259 e. The topological polar surface area (TPSA) is 54.0 Å². The number of amides is 1. The Hall–Kier alpha value is -1.59. The molecule has 0 bridgehead atoms. The van der Waals surface area contributed by atoms with Crippen molar-refractivity contribution in [1.82, 2.24) is 4.98 Å². The minimum atomic E-state index is -0.226. The molecule has 0 saturated heterocycles. The second kappa shape index (κ2) is 6.24. The molecule has 0 saturated carbocycles. The lowest BCUT2D eigenvalue weighted by Crippen LogP contribution is -2.14. The second-order valence-corrected chi connectivity index (χ2v) is 5.47. The third-order valence-corrected chi connectivity index (χ3v) is 3.95. The molecule has 1 heterocycles. The summed E-state index contributed by atoms with van der Waals surface area (Å²) in [6.07, 6.45) is 1.56. The van der Waals surface area contributed by atoms with Crippen LogP contribution in [0.15, 0.2) is 34.9 Å². The third-order valence-electron chi connectivity index (χ3n) is 2.73. The van der Waals surface area contributed by atoms with Gasteiger partial charge in [0.25, 0.3) is 5.91 Å². The number of aromatic nitrogens is 1. The third kappa shape index (κ3) is 3.29. The van der Waals surface area contributed by atoms with Gasteiger partial charge in [0.2, 0.25) is 0 Å². The molecule has 2 N–H and O–H groups in total. The van der Waals surface area contributed by atoms with Crippen LogP contribution in [0, 0.1) is 6.92 Å². The summed E-state index contributed by atoms with van der Waals surface area (Å²) in [6.45, 7) is 1.87. The highest BCUT2D eigenvalue weighted by Crippen LogP contribution is 2.26. The van der Waals surface area contributed by atoms with Crippen LogP contribution in [0.5, 0.6) is 0 Å². The lowest BCUT2D eigenvalue weighted by Gasteiger charge is -2.10. The first-order valence-electron chi connectivity index (χ1n) is 5.92. The highest BCUT2D eigenvalue weighted by atomic mass is 79.9. The van der Waals surface area contributed by atoms with Crippen LogP contribution in [0.25, 0.3) is 0 Å². The number of carbonyl (C=O) groups is 1. The van der Waals surface area contributed by atoms with E-state index in [0.29, 0.717) is 16.3 Å². The fourth-order valence-electron chi connectivity index (χ4n) is 1.72. The van der Waals surface area contributed by atoms with Crippen molar-refractivity contribution in [2.24, 2.45) is 0 Å². The van der Waals surface area contributed by atoms with Crippen molar-refractivity contribution in [1.29, 1.82) is 0 Å². The van der Waals surface area contributed by atoms with Gasteiger partial charge in [-0.15, -0.1) is 0 Å². The summed E-state index contributed by atoms with van der Waals surface area (Å²) in [5.74, 6) is -0.226. The Bertz CT molecular complexity index is 661. The van der Waals surface area contributed by atoms with Gasteiger partial charge in [-0.3, -0.25) is 9.78 Å². The molecular formula is C14H13BrClN3O. The predicted molar refractivity (Wildman–Crippen MR) is 85.6 cm³/mol. The van der Waals surface area contributed by atoms with Crippen LogP contribution in [-0.4, -0.2) is 17.9 Å². The number of rotatable bonds is 3. The van der Waals surface area contributed by atoms with Gasteiger partial charge in [0.15, 0.2) is 0 Å². The van der Waals surface area contributed by atoms with E-state index >= 15 is 0 Å². The number of nitrogens with one attached hydrogen (secondary N) is 2. The van der Waals surface area contributed by atoms with Gasteiger partial charge in [0, 0.05) is 29.1 Å². The maximum atomic E-state index is 12.3. The van der Waals surface area contributed by atoms with Crippen molar-refractivity contribution in [2.45, 2.75) is 6.92 Å². The van der Waals surface area contributed by atoms with Crippen molar-refractivity contribution in [3.63, 3.8) is 0 Å². The first-order valence-corrected chi connectivity index (χ1v) is 7.09. The molecule has 0 aliphatic rings. The van der Waals surface area contributed by atoms with Crippen LogP contribution in [0.1, 0.15) is 16.1 Å². The molecule has 1 amide bonds. The maximum Gasteiger partial charge on any atom is 0.259 e. The zero-order valence-electron chi connectivity index (χ0n) is 11.0. The van der Waals surface area contributed by atoms with Crippen LogP contribution in [0.3, 0.4) is 0 Å². The molecule has 1 aromatic heterocycles. The first kappa shape index (κ1) is 14.8. The fourth-order valence-corrected chi connectivity index (χ4v) is 2.22. The molecule has 0 unspecified atom stereocenters. The van der Waals surface area contributed by atoms with Gasteiger partial charge in [0.05, 0.1) is 16.3 Å². The van der Waals surface area contributed by atoms with Crippen LogP contribution in [-0.2, 0) is 0 Å². The van der Waals surface area contributed by atoms with Gasteiger partial charge in [-0.2, -0.15) is 0 Å². The number of carbonyl (C=O) groups excluding carboxylic acids is 1. The molecule has 0 radical (unpaired) electrons. The van der Waals surface area contributed by atoms with Crippen molar-refractivity contribution < 1.29 is 4.79 Å². The average molecular weight is 355 g/mol. The molecule has 0 aliphatic heterocycles. The van der Waals surface area contributed by atoms with Gasteiger partial charge in [0.1, 0.15) is 0 Å². The van der Waals surface area contributed by atoms with E-state index in [4.69, 9.17) is 11.6 Å². The van der Waals surface area contributed by atoms with Gasteiger partial charge >= 0.3 is 0 Å². The zero-order chi connectivity index (χ0) is 14.7. The summed E-state index contributed by atoms with van der Waals surface area (Å²) >= 11 is 9.24. The van der Waals surface area contributed by atoms with Crippen molar-refractivity contribution in [3.05, 3.63) is 51.2 Å². The molecule has 2 rings (SSSR count). The normalized spacial score (nSPS) is 10.2. The Balaban J connectivity index is 2.25. The Morgan fingerprint density at radius 2 is 2.10 bits per heavy atom. The standard InChI is InChI=1S/C14H13BrClN3O/c1-8-5-13(17-2)10(7-18-8)14(20)19-9-3-4-12(16)11(15)6-9/h3-7H,1-2H3,(H,17,18)(H,19,20). The van der Waals surface area contributed by atoms with E-state index in [-0.39, 0.29) is 5.91 Å². The maximum absolute atomic E-state index is 12.3. The average Bonchev–Trinajstić information content (AvgIpc) is 2.42. The second-order valence-electron chi connectivity index (χ2n) is 4.20. The van der Waals surface area contributed by atoms with Crippen molar-refractivity contribution >= 4 is 44.8 Å². The molecule has 0 aliphatic carbocycles. The molecule has 1 aromatic carbocycles. The number of hydrogen-bond acceptors (Lipinski definition) is 3. The largest absolute Gasteiger partial charge is 0.387 e. The molecule has 0 atom stereocenters. The number of nitrogens with zero attached hydrogens (tertiary/aromatic N) is 1. The first-order chi connectivity index (χ1) is 9.51. The molecular weight excluding hydrogens is 342 g/mol. The van der Waals surface area contributed by atoms with E-state index < -0.39 is 0 Å². The van der Waals surface area contributed by atoms with Crippen LogP contribution in [0.2, 0.25) is 5.02 Å². The van der Waals surface area contributed by atoms with E-state index in [1.807, 2.05) is 13.0 Å². The zero-order valence-corrected chi connectivity index (χ0v) is 13.3. The molecule has 0 spiro atoms. The minimum absolute atomic E-state index is 0.226. The Kier molecular flexibility index (Phi) is 4.62. The van der Waals surface area contributed by atoms with E-state index in [0.717, 1.165) is 15.9 Å². The van der Waals surface area contributed by atoms with Crippen molar-refractivity contribution in [2.75, 3.05) is 17.7 Å². The lowest BCUT2D eigenvalue weighted by atomic mass is 10.2. The molecule has 104 valence electrons. The number of halogens is 2. The SMILES string of the molecule is CNc1cc(C)ncc1C(=O)Nc1ccc(Cl)c(Br)c1. The molecule has 0 fully saturated rings. The van der Waals surface area contributed by atoms with Gasteiger partial charge in [-0.25, -0.2) is 0 Å². The summed E-state index contributed by atoms with van der Waals surface area (Å²) in [6, 6.07) is 7.03. The summed E-state index contributed by atoms with van der Waals surface area (Å²) in [7, 11) is 1.77. The molecule has 6 heteroatoms.